The number of hydrogen-bond acceptors (Lipinski definition) is 7. The number of ether oxygens (including phenoxy) is 2. The lowest BCUT2D eigenvalue weighted by Crippen LogP contribution is -2.53. The molecule has 4 heterocycles. The summed E-state index contributed by atoms with van der Waals surface area (Å²) in [6.07, 6.45) is 1.35. The van der Waals surface area contributed by atoms with Gasteiger partial charge >= 0.3 is 0 Å². The topological polar surface area (TPSA) is 79.4 Å². The summed E-state index contributed by atoms with van der Waals surface area (Å²) in [5, 5.41) is 8.95. The highest BCUT2D eigenvalue weighted by Gasteiger charge is 2.32. The summed E-state index contributed by atoms with van der Waals surface area (Å²) in [5.74, 6) is 1.91. The summed E-state index contributed by atoms with van der Waals surface area (Å²) >= 11 is 0. The van der Waals surface area contributed by atoms with Crippen molar-refractivity contribution in [1.82, 2.24) is 19.4 Å². The molecule has 4 aromatic rings. The molecule has 206 valence electrons. The molecule has 2 aromatic carbocycles. The fourth-order valence-electron chi connectivity index (χ4n) is 5.69. The van der Waals surface area contributed by atoms with E-state index in [2.05, 4.69) is 46.4 Å². The van der Waals surface area contributed by atoms with Gasteiger partial charge in [0.2, 0.25) is 5.88 Å². The van der Waals surface area contributed by atoms with Crippen molar-refractivity contribution >= 4 is 16.9 Å². The van der Waals surface area contributed by atoms with E-state index in [9.17, 15) is 4.39 Å². The second-order valence-corrected chi connectivity index (χ2v) is 10.6. The third-order valence-corrected chi connectivity index (χ3v) is 8.00. The van der Waals surface area contributed by atoms with Gasteiger partial charge in [0, 0.05) is 43.9 Å². The van der Waals surface area contributed by atoms with Crippen LogP contribution in [0.5, 0.6) is 5.88 Å². The number of nitrogens with zero attached hydrogens (tertiary/aromatic N) is 6. The van der Waals surface area contributed by atoms with E-state index >= 15 is 0 Å². The highest BCUT2D eigenvalue weighted by molar-refractivity contribution is 5.76. The SMILES string of the molecule is C[C@H]1CN(c2cccc(OCc3ccc(C#N)cc3F)n2)CCN1[C@@H](C)c1nc2ccccc2n1C[C@@H]1CCO1. The van der Waals surface area contributed by atoms with Crippen LogP contribution in [0.4, 0.5) is 10.2 Å². The van der Waals surface area contributed by atoms with Crippen molar-refractivity contribution < 1.29 is 13.9 Å². The van der Waals surface area contributed by atoms with Crippen LogP contribution in [-0.2, 0) is 17.9 Å². The second kappa shape index (κ2) is 11.2. The summed E-state index contributed by atoms with van der Waals surface area (Å²) in [7, 11) is 0. The molecule has 0 aliphatic carbocycles. The lowest BCUT2D eigenvalue weighted by Gasteiger charge is -2.43. The maximum Gasteiger partial charge on any atom is 0.215 e. The fraction of sp³-hybridized carbons (Fsp3) is 0.387. The van der Waals surface area contributed by atoms with Crippen molar-refractivity contribution in [2.24, 2.45) is 0 Å². The van der Waals surface area contributed by atoms with E-state index in [0.717, 1.165) is 61.9 Å². The van der Waals surface area contributed by atoms with Crippen molar-refractivity contribution in [2.75, 3.05) is 31.1 Å². The number of pyridine rings is 1. The molecule has 8 nitrogen and oxygen atoms in total. The lowest BCUT2D eigenvalue weighted by molar-refractivity contribution is -0.0595. The van der Waals surface area contributed by atoms with Gasteiger partial charge in [-0.3, -0.25) is 4.90 Å². The third kappa shape index (κ3) is 5.25. The first-order valence-electron chi connectivity index (χ1n) is 13.9. The summed E-state index contributed by atoms with van der Waals surface area (Å²) in [5.41, 5.74) is 2.86. The van der Waals surface area contributed by atoms with Gasteiger partial charge in [0.15, 0.2) is 0 Å². The Bertz CT molecular complexity index is 1540. The van der Waals surface area contributed by atoms with Crippen LogP contribution in [-0.4, -0.2) is 57.8 Å². The maximum absolute atomic E-state index is 14.3. The average molecular weight is 541 g/mol. The minimum absolute atomic E-state index is 0.0442. The zero-order valence-electron chi connectivity index (χ0n) is 22.8. The van der Waals surface area contributed by atoms with Crippen molar-refractivity contribution in [3.05, 3.63) is 83.4 Å². The van der Waals surface area contributed by atoms with Crippen molar-refractivity contribution in [3.8, 4) is 11.9 Å². The number of piperazine rings is 1. The molecule has 0 bridgehead atoms. The number of hydrogen-bond donors (Lipinski definition) is 0. The molecule has 2 aliphatic heterocycles. The van der Waals surface area contributed by atoms with E-state index in [1.54, 1.807) is 18.2 Å². The molecule has 0 N–H and O–H groups in total. The first kappa shape index (κ1) is 26.2. The molecule has 9 heteroatoms. The van der Waals surface area contributed by atoms with Crippen molar-refractivity contribution in [1.29, 1.82) is 5.26 Å². The van der Waals surface area contributed by atoms with Crippen LogP contribution in [0.25, 0.3) is 11.0 Å². The molecule has 0 radical (unpaired) electrons. The number of benzene rings is 2. The third-order valence-electron chi connectivity index (χ3n) is 8.00. The molecule has 2 saturated heterocycles. The molecule has 2 fully saturated rings. The normalized spacial score (nSPS) is 20.2. The van der Waals surface area contributed by atoms with Crippen molar-refractivity contribution in [3.63, 3.8) is 0 Å². The van der Waals surface area contributed by atoms with E-state index in [1.165, 1.54) is 6.07 Å². The van der Waals surface area contributed by atoms with Gasteiger partial charge in [-0.15, -0.1) is 0 Å². The number of imidazole rings is 1. The molecule has 2 aromatic heterocycles. The molecule has 2 aliphatic rings. The number of para-hydroxylation sites is 2. The Balaban J connectivity index is 1.13. The number of aromatic nitrogens is 3. The Morgan fingerprint density at radius 1 is 1.12 bits per heavy atom. The van der Waals surface area contributed by atoms with Gasteiger partial charge in [-0.05, 0) is 50.6 Å². The number of fused-ring (bicyclic) bond motifs is 1. The molecule has 3 atom stereocenters. The molecular formula is C31H33FN6O2. The monoisotopic (exact) mass is 540 g/mol. The molecule has 0 spiro atoms. The van der Waals surface area contributed by atoms with Gasteiger partial charge in [0.25, 0.3) is 0 Å². The molecule has 0 saturated carbocycles. The van der Waals surface area contributed by atoms with Gasteiger partial charge in [0.05, 0.1) is 41.4 Å². The minimum Gasteiger partial charge on any atom is -0.473 e. The predicted molar refractivity (Wildman–Crippen MR) is 151 cm³/mol. The van der Waals surface area contributed by atoms with Crippen LogP contribution in [0, 0.1) is 17.1 Å². The first-order valence-corrected chi connectivity index (χ1v) is 13.9. The quantitative estimate of drug-likeness (QED) is 0.308. The van der Waals surface area contributed by atoms with Gasteiger partial charge in [-0.25, -0.2) is 9.37 Å². The summed E-state index contributed by atoms with van der Waals surface area (Å²) < 4.78 is 28.2. The molecule has 6 rings (SSSR count). The van der Waals surface area contributed by atoms with Crippen LogP contribution in [0.2, 0.25) is 0 Å². The van der Waals surface area contributed by atoms with Crippen LogP contribution in [0.1, 0.15) is 43.3 Å². The zero-order valence-corrected chi connectivity index (χ0v) is 22.8. The summed E-state index contributed by atoms with van der Waals surface area (Å²) in [6, 6.07) is 20.8. The average Bonchev–Trinajstić information content (AvgIpc) is 3.32. The highest BCUT2D eigenvalue weighted by Crippen LogP contribution is 2.30. The highest BCUT2D eigenvalue weighted by atomic mass is 19.1. The second-order valence-electron chi connectivity index (χ2n) is 10.6. The standard InChI is InChI=1S/C31H33FN6O2/c1-21-18-36(29-8-5-9-30(35-29)40-20-24-11-10-23(17-33)16-26(24)32)13-14-37(21)22(2)31-34-27-6-3-4-7-28(27)38(31)19-25-12-15-39-25/h3-11,16,21-22,25H,12-15,18-20H2,1-2H3/t21-,22-,25-/m0/s1. The number of rotatable bonds is 8. The van der Waals surface area contributed by atoms with Gasteiger partial charge in [0.1, 0.15) is 24.1 Å². The summed E-state index contributed by atoms with van der Waals surface area (Å²) in [4.78, 5) is 14.6. The van der Waals surface area contributed by atoms with E-state index in [-0.39, 0.29) is 30.4 Å². The van der Waals surface area contributed by atoms with Gasteiger partial charge in [-0.2, -0.15) is 10.2 Å². The fourth-order valence-corrected chi connectivity index (χ4v) is 5.69. The van der Waals surface area contributed by atoms with Crippen LogP contribution in [0.3, 0.4) is 0 Å². The van der Waals surface area contributed by atoms with Crippen LogP contribution < -0.4 is 9.64 Å². The minimum atomic E-state index is -0.456. The molecule has 40 heavy (non-hydrogen) atoms. The number of anilines is 1. The Labute approximate surface area is 233 Å². The van der Waals surface area contributed by atoms with Gasteiger partial charge < -0.3 is 18.9 Å². The molecule has 0 unspecified atom stereocenters. The Hall–Kier alpha value is -4.00. The van der Waals surface area contributed by atoms with Crippen LogP contribution >= 0.6 is 0 Å². The predicted octanol–water partition coefficient (Wildman–Crippen LogP) is 5.08. The van der Waals surface area contributed by atoms with E-state index in [1.807, 2.05) is 24.3 Å². The Morgan fingerprint density at radius 3 is 2.73 bits per heavy atom. The van der Waals surface area contributed by atoms with E-state index < -0.39 is 5.82 Å². The smallest absolute Gasteiger partial charge is 0.215 e. The zero-order chi connectivity index (χ0) is 27.6. The van der Waals surface area contributed by atoms with Crippen LogP contribution in [0.15, 0.2) is 60.7 Å². The van der Waals surface area contributed by atoms with E-state index in [4.69, 9.17) is 24.7 Å². The number of halogens is 1. The summed E-state index contributed by atoms with van der Waals surface area (Å²) in [6.45, 7) is 8.72. The van der Waals surface area contributed by atoms with Gasteiger partial charge in [-0.1, -0.05) is 24.3 Å². The Morgan fingerprint density at radius 2 is 1.98 bits per heavy atom. The van der Waals surface area contributed by atoms with Crippen molar-refractivity contribution in [2.45, 2.75) is 51.6 Å². The molecular weight excluding hydrogens is 507 g/mol. The lowest BCUT2D eigenvalue weighted by atomic mass is 10.1. The Kier molecular flexibility index (Phi) is 7.37. The first-order chi connectivity index (χ1) is 19.5. The largest absolute Gasteiger partial charge is 0.473 e. The van der Waals surface area contributed by atoms with E-state index in [0.29, 0.717) is 11.4 Å². The number of nitriles is 1. The molecule has 0 amide bonds. The maximum atomic E-state index is 14.3.